The van der Waals surface area contributed by atoms with Crippen LogP contribution in [0, 0.1) is 6.92 Å². The molecule has 1 aromatic rings. The van der Waals surface area contributed by atoms with Crippen LogP contribution < -0.4 is 15.4 Å². The third-order valence-corrected chi connectivity index (χ3v) is 3.03. The van der Waals surface area contributed by atoms with Gasteiger partial charge in [-0.3, -0.25) is 0 Å². The van der Waals surface area contributed by atoms with Crippen LogP contribution in [0.25, 0.3) is 0 Å². The first kappa shape index (κ1) is 11.3. The minimum atomic E-state index is 0.293. The summed E-state index contributed by atoms with van der Waals surface area (Å²) in [4.78, 5) is 2.33. The SMILES string of the molecule is CCC1CN(CCN)c2cc(C)ccc2O1. The lowest BCUT2D eigenvalue weighted by atomic mass is 10.1. The predicted molar refractivity (Wildman–Crippen MR) is 67.2 cm³/mol. The lowest BCUT2D eigenvalue weighted by Gasteiger charge is -2.36. The van der Waals surface area contributed by atoms with Gasteiger partial charge < -0.3 is 15.4 Å². The number of benzene rings is 1. The van der Waals surface area contributed by atoms with Crippen molar-refractivity contribution in [2.24, 2.45) is 5.73 Å². The number of hydrogen-bond acceptors (Lipinski definition) is 3. The Hall–Kier alpha value is -1.22. The highest BCUT2D eigenvalue weighted by Gasteiger charge is 2.23. The largest absolute Gasteiger partial charge is 0.486 e. The fraction of sp³-hybridized carbons (Fsp3) is 0.538. The zero-order chi connectivity index (χ0) is 11.5. The van der Waals surface area contributed by atoms with Gasteiger partial charge in [-0.2, -0.15) is 0 Å². The summed E-state index contributed by atoms with van der Waals surface area (Å²) >= 11 is 0. The Morgan fingerprint density at radius 3 is 3.00 bits per heavy atom. The molecule has 1 atom stereocenters. The lowest BCUT2D eigenvalue weighted by molar-refractivity contribution is 0.189. The summed E-state index contributed by atoms with van der Waals surface area (Å²) in [5.41, 5.74) is 8.11. The van der Waals surface area contributed by atoms with E-state index in [0.29, 0.717) is 12.6 Å². The number of nitrogens with zero attached hydrogens (tertiary/aromatic N) is 1. The van der Waals surface area contributed by atoms with Gasteiger partial charge in [-0.15, -0.1) is 0 Å². The summed E-state index contributed by atoms with van der Waals surface area (Å²) < 4.78 is 5.93. The molecule has 0 radical (unpaired) electrons. The maximum atomic E-state index is 5.93. The molecule has 88 valence electrons. The Balaban J connectivity index is 2.31. The molecular formula is C13H20N2O. The molecule has 1 aliphatic rings. The molecule has 3 heteroatoms. The maximum absolute atomic E-state index is 5.93. The van der Waals surface area contributed by atoms with Gasteiger partial charge in [0.2, 0.25) is 0 Å². The van der Waals surface area contributed by atoms with Crippen LogP contribution >= 0.6 is 0 Å². The fourth-order valence-corrected chi connectivity index (χ4v) is 2.12. The first-order valence-corrected chi connectivity index (χ1v) is 5.97. The van der Waals surface area contributed by atoms with Crippen molar-refractivity contribution in [1.82, 2.24) is 0 Å². The molecule has 2 rings (SSSR count). The third kappa shape index (κ3) is 2.14. The molecule has 1 aliphatic heterocycles. The topological polar surface area (TPSA) is 38.5 Å². The monoisotopic (exact) mass is 220 g/mol. The smallest absolute Gasteiger partial charge is 0.143 e. The zero-order valence-electron chi connectivity index (χ0n) is 10.1. The Bertz CT molecular complexity index is 365. The van der Waals surface area contributed by atoms with E-state index in [1.165, 1.54) is 11.3 Å². The molecule has 1 unspecified atom stereocenters. The molecule has 0 amide bonds. The van der Waals surface area contributed by atoms with E-state index >= 15 is 0 Å². The van der Waals surface area contributed by atoms with E-state index in [9.17, 15) is 0 Å². The first-order chi connectivity index (χ1) is 7.74. The average molecular weight is 220 g/mol. The summed E-state index contributed by atoms with van der Waals surface area (Å²) in [6.07, 6.45) is 1.33. The average Bonchev–Trinajstić information content (AvgIpc) is 2.30. The summed E-state index contributed by atoms with van der Waals surface area (Å²) in [6, 6.07) is 6.34. The number of aryl methyl sites for hydroxylation is 1. The van der Waals surface area contributed by atoms with Gasteiger partial charge in [0, 0.05) is 13.1 Å². The zero-order valence-corrected chi connectivity index (χ0v) is 10.1. The van der Waals surface area contributed by atoms with Gasteiger partial charge in [0.05, 0.1) is 12.2 Å². The van der Waals surface area contributed by atoms with Crippen LogP contribution in [0.15, 0.2) is 18.2 Å². The summed E-state index contributed by atoms with van der Waals surface area (Å²) in [5, 5.41) is 0. The molecule has 16 heavy (non-hydrogen) atoms. The molecule has 0 aromatic heterocycles. The van der Waals surface area contributed by atoms with Gasteiger partial charge >= 0.3 is 0 Å². The van der Waals surface area contributed by atoms with E-state index in [0.717, 1.165) is 25.3 Å². The number of ether oxygens (including phenoxy) is 1. The number of nitrogens with two attached hydrogens (primary N) is 1. The lowest BCUT2D eigenvalue weighted by Crippen LogP contribution is -2.42. The summed E-state index contributed by atoms with van der Waals surface area (Å²) in [7, 11) is 0. The Morgan fingerprint density at radius 1 is 1.50 bits per heavy atom. The fourth-order valence-electron chi connectivity index (χ4n) is 2.12. The van der Waals surface area contributed by atoms with Crippen molar-refractivity contribution < 1.29 is 4.74 Å². The number of rotatable bonds is 3. The number of fused-ring (bicyclic) bond motifs is 1. The van der Waals surface area contributed by atoms with Crippen molar-refractivity contribution >= 4 is 5.69 Å². The Morgan fingerprint density at radius 2 is 2.31 bits per heavy atom. The molecular weight excluding hydrogens is 200 g/mol. The van der Waals surface area contributed by atoms with E-state index in [4.69, 9.17) is 10.5 Å². The van der Waals surface area contributed by atoms with E-state index in [1.807, 2.05) is 0 Å². The molecule has 0 saturated heterocycles. The van der Waals surface area contributed by atoms with E-state index in [1.54, 1.807) is 0 Å². The van der Waals surface area contributed by atoms with Gasteiger partial charge in [0.15, 0.2) is 0 Å². The normalized spacial score (nSPS) is 19.2. The standard InChI is InChI=1S/C13H20N2O/c1-3-11-9-15(7-6-14)12-8-10(2)4-5-13(12)16-11/h4-5,8,11H,3,6-7,9,14H2,1-2H3. The van der Waals surface area contributed by atoms with E-state index < -0.39 is 0 Å². The maximum Gasteiger partial charge on any atom is 0.143 e. The van der Waals surface area contributed by atoms with Crippen molar-refractivity contribution in [1.29, 1.82) is 0 Å². The second-order valence-electron chi connectivity index (χ2n) is 4.35. The Kier molecular flexibility index (Phi) is 3.34. The molecule has 1 heterocycles. The van der Waals surface area contributed by atoms with Crippen LogP contribution in [0.4, 0.5) is 5.69 Å². The van der Waals surface area contributed by atoms with Crippen molar-refractivity contribution in [3.63, 3.8) is 0 Å². The van der Waals surface area contributed by atoms with Gasteiger partial charge in [-0.05, 0) is 31.0 Å². The van der Waals surface area contributed by atoms with Crippen molar-refractivity contribution in [3.8, 4) is 5.75 Å². The molecule has 0 bridgehead atoms. The van der Waals surface area contributed by atoms with Crippen LogP contribution in [-0.4, -0.2) is 25.7 Å². The van der Waals surface area contributed by atoms with Crippen LogP contribution in [0.3, 0.4) is 0 Å². The van der Waals surface area contributed by atoms with Gasteiger partial charge in [0.1, 0.15) is 11.9 Å². The van der Waals surface area contributed by atoms with Gasteiger partial charge in [-0.1, -0.05) is 13.0 Å². The minimum absolute atomic E-state index is 0.293. The van der Waals surface area contributed by atoms with Crippen LogP contribution in [-0.2, 0) is 0 Å². The predicted octanol–water partition coefficient (Wildman–Crippen LogP) is 1.93. The van der Waals surface area contributed by atoms with Crippen LogP contribution in [0.1, 0.15) is 18.9 Å². The summed E-state index contributed by atoms with van der Waals surface area (Å²) in [5.74, 6) is 0.997. The first-order valence-electron chi connectivity index (χ1n) is 5.97. The third-order valence-electron chi connectivity index (χ3n) is 3.03. The molecule has 2 N–H and O–H groups in total. The molecule has 0 fully saturated rings. The number of hydrogen-bond donors (Lipinski definition) is 1. The highest BCUT2D eigenvalue weighted by atomic mass is 16.5. The van der Waals surface area contributed by atoms with Crippen molar-refractivity contribution in [3.05, 3.63) is 23.8 Å². The molecule has 0 saturated carbocycles. The van der Waals surface area contributed by atoms with Crippen molar-refractivity contribution in [2.75, 3.05) is 24.5 Å². The molecule has 0 spiro atoms. The second kappa shape index (κ2) is 4.74. The second-order valence-corrected chi connectivity index (χ2v) is 4.35. The number of anilines is 1. The van der Waals surface area contributed by atoms with Gasteiger partial charge in [0.25, 0.3) is 0 Å². The van der Waals surface area contributed by atoms with E-state index in [2.05, 4.69) is 36.9 Å². The molecule has 1 aromatic carbocycles. The summed E-state index contributed by atoms with van der Waals surface area (Å²) in [6.45, 7) is 6.79. The Labute approximate surface area is 97.2 Å². The highest BCUT2D eigenvalue weighted by Crippen LogP contribution is 2.34. The van der Waals surface area contributed by atoms with Crippen molar-refractivity contribution in [2.45, 2.75) is 26.4 Å². The quantitative estimate of drug-likeness (QED) is 0.846. The van der Waals surface area contributed by atoms with E-state index in [-0.39, 0.29) is 0 Å². The van der Waals surface area contributed by atoms with Gasteiger partial charge in [-0.25, -0.2) is 0 Å². The van der Waals surface area contributed by atoms with Crippen LogP contribution in [0.2, 0.25) is 0 Å². The minimum Gasteiger partial charge on any atom is -0.486 e. The highest BCUT2D eigenvalue weighted by molar-refractivity contribution is 5.61. The molecule has 3 nitrogen and oxygen atoms in total. The molecule has 0 aliphatic carbocycles. The van der Waals surface area contributed by atoms with Crippen LogP contribution in [0.5, 0.6) is 5.75 Å².